The molecule has 2 N–H and O–H groups in total. The lowest BCUT2D eigenvalue weighted by Gasteiger charge is -2.15. The fraction of sp³-hybridized carbons (Fsp3) is 0.638. The second-order valence-electron chi connectivity index (χ2n) is 13.9. The second kappa shape index (κ2) is 41.3. The van der Waals surface area contributed by atoms with Crippen LogP contribution in [0.1, 0.15) is 181 Å². The van der Waals surface area contributed by atoms with Crippen molar-refractivity contribution in [2.45, 2.75) is 187 Å². The number of ether oxygens (including phenoxy) is 1. The van der Waals surface area contributed by atoms with E-state index in [0.29, 0.717) is 12.8 Å². The summed E-state index contributed by atoms with van der Waals surface area (Å²) >= 11 is 0. The molecule has 0 radical (unpaired) electrons. The summed E-state index contributed by atoms with van der Waals surface area (Å²) in [4.78, 5) is 34.9. The molecule has 0 aliphatic carbocycles. The molecule has 0 heterocycles. The van der Waals surface area contributed by atoms with Crippen molar-refractivity contribution >= 4 is 17.8 Å². The van der Waals surface area contributed by atoms with Gasteiger partial charge in [0.2, 0.25) is 5.91 Å². The van der Waals surface area contributed by atoms with Gasteiger partial charge in [0.15, 0.2) is 0 Å². The van der Waals surface area contributed by atoms with Gasteiger partial charge in [0, 0.05) is 12.8 Å². The van der Waals surface area contributed by atoms with Crippen LogP contribution in [0.5, 0.6) is 0 Å². The highest BCUT2D eigenvalue weighted by Gasteiger charge is 2.11. The van der Waals surface area contributed by atoms with Gasteiger partial charge in [0.25, 0.3) is 0 Å². The number of carbonyl (C=O) groups is 3. The highest BCUT2D eigenvalue weighted by atomic mass is 16.5. The molecule has 1 atom stereocenters. The maximum atomic E-state index is 12.7. The standard InChI is InChI=1S/C47H77NO5/c1-3-5-7-9-11-13-14-15-16-17-18-19-20-21-22-23-24-26-28-34-38-42-47(52)53-44(39-35-31-27-25-12-10-8-6-4-2)40-36-32-29-30-33-37-41-45(49)48-43-46(50)51/h5,7,11,13,15-16,18-19,21-22,24,26,35,39,44H,3-4,6,8-10,12,14,17,20,23,25,27-34,36-38,40-43H2,1-2H3,(H,48,49)(H,50,51)/b7-5-,13-11-,16-15-,19-18-,22-21-,26-24-,39-35-. The fourth-order valence-electron chi connectivity index (χ4n) is 5.66. The number of esters is 1. The molecular formula is C47H77NO5. The Bertz CT molecular complexity index is 1080. The molecule has 0 bridgehead atoms. The number of allylic oxidation sites excluding steroid dienone is 13. The summed E-state index contributed by atoms with van der Waals surface area (Å²) in [6, 6.07) is 0. The number of hydrogen-bond donors (Lipinski definition) is 2. The van der Waals surface area contributed by atoms with Gasteiger partial charge in [-0.1, -0.05) is 157 Å². The lowest BCUT2D eigenvalue weighted by molar-refractivity contribution is -0.147. The highest BCUT2D eigenvalue weighted by Crippen LogP contribution is 2.15. The molecule has 0 aromatic rings. The molecule has 0 fully saturated rings. The number of carboxylic acids is 1. The van der Waals surface area contributed by atoms with Gasteiger partial charge in [-0.15, -0.1) is 0 Å². The minimum Gasteiger partial charge on any atom is -0.480 e. The van der Waals surface area contributed by atoms with E-state index in [1.54, 1.807) is 0 Å². The Morgan fingerprint density at radius 3 is 1.55 bits per heavy atom. The van der Waals surface area contributed by atoms with Crippen molar-refractivity contribution in [1.29, 1.82) is 0 Å². The third kappa shape index (κ3) is 41.2. The Balaban J connectivity index is 4.25. The zero-order valence-electron chi connectivity index (χ0n) is 33.8. The van der Waals surface area contributed by atoms with E-state index in [-0.39, 0.29) is 24.5 Å². The normalized spacial score (nSPS) is 12.9. The minimum absolute atomic E-state index is 0.0977. The second-order valence-corrected chi connectivity index (χ2v) is 13.9. The van der Waals surface area contributed by atoms with Gasteiger partial charge in [-0.2, -0.15) is 0 Å². The molecule has 0 saturated heterocycles. The number of amides is 1. The van der Waals surface area contributed by atoms with Gasteiger partial charge < -0.3 is 15.2 Å². The van der Waals surface area contributed by atoms with E-state index in [0.717, 1.165) is 109 Å². The molecule has 0 aromatic carbocycles. The van der Waals surface area contributed by atoms with E-state index in [4.69, 9.17) is 9.84 Å². The van der Waals surface area contributed by atoms with Gasteiger partial charge in [-0.3, -0.25) is 14.4 Å². The SMILES string of the molecule is CC/C=C\C/C=C\C/C=C\C/C=C\C/C=C\C/C=C\CCCCC(=O)OC(/C=C\CCCCCCCCC)CCCCCCCCC(=O)NCC(=O)O. The number of rotatable bonds is 37. The van der Waals surface area contributed by atoms with Crippen molar-refractivity contribution in [3.63, 3.8) is 0 Å². The van der Waals surface area contributed by atoms with Crippen molar-refractivity contribution in [2.75, 3.05) is 6.54 Å². The number of aliphatic carboxylic acids is 1. The Morgan fingerprint density at radius 2 is 0.981 bits per heavy atom. The summed E-state index contributed by atoms with van der Waals surface area (Å²) in [7, 11) is 0. The van der Waals surface area contributed by atoms with Crippen LogP contribution in [0.3, 0.4) is 0 Å². The molecule has 6 nitrogen and oxygen atoms in total. The van der Waals surface area contributed by atoms with Crippen LogP contribution in [0.15, 0.2) is 85.1 Å². The zero-order valence-corrected chi connectivity index (χ0v) is 33.8. The first-order valence-corrected chi connectivity index (χ1v) is 21.2. The number of carbonyl (C=O) groups excluding carboxylic acids is 2. The Hall–Kier alpha value is -3.41. The molecule has 0 aromatic heterocycles. The summed E-state index contributed by atoms with van der Waals surface area (Å²) in [5, 5.41) is 11.1. The molecule has 0 aliphatic rings. The van der Waals surface area contributed by atoms with Crippen molar-refractivity contribution in [2.24, 2.45) is 0 Å². The predicted octanol–water partition coefficient (Wildman–Crippen LogP) is 13.2. The van der Waals surface area contributed by atoms with Gasteiger partial charge in [-0.25, -0.2) is 0 Å². The van der Waals surface area contributed by atoms with Crippen LogP contribution in [0.25, 0.3) is 0 Å². The van der Waals surface area contributed by atoms with Crippen LogP contribution >= 0.6 is 0 Å². The maximum Gasteiger partial charge on any atom is 0.322 e. The largest absolute Gasteiger partial charge is 0.480 e. The lowest BCUT2D eigenvalue weighted by Crippen LogP contribution is -2.28. The van der Waals surface area contributed by atoms with E-state index in [9.17, 15) is 14.4 Å². The smallest absolute Gasteiger partial charge is 0.322 e. The average Bonchev–Trinajstić information content (AvgIpc) is 3.14. The summed E-state index contributed by atoms with van der Waals surface area (Å²) in [6.07, 6.45) is 57.2. The first-order valence-electron chi connectivity index (χ1n) is 21.2. The predicted molar refractivity (Wildman–Crippen MR) is 226 cm³/mol. The summed E-state index contributed by atoms with van der Waals surface area (Å²) in [6.45, 7) is 4.09. The van der Waals surface area contributed by atoms with Crippen LogP contribution in [0, 0.1) is 0 Å². The Labute approximate surface area is 325 Å². The topological polar surface area (TPSA) is 92.7 Å². The summed E-state index contributed by atoms with van der Waals surface area (Å²) in [5.74, 6) is -1.32. The van der Waals surface area contributed by atoms with Crippen LogP contribution in [-0.4, -0.2) is 35.6 Å². The first kappa shape index (κ1) is 49.6. The molecule has 0 spiro atoms. The number of carboxylic acid groups (broad SMARTS) is 1. The average molecular weight is 736 g/mol. The maximum absolute atomic E-state index is 12.7. The molecule has 0 saturated carbocycles. The lowest BCUT2D eigenvalue weighted by atomic mass is 10.0. The summed E-state index contributed by atoms with van der Waals surface area (Å²) < 4.78 is 5.92. The molecule has 0 aliphatic heterocycles. The van der Waals surface area contributed by atoms with Crippen molar-refractivity contribution in [3.05, 3.63) is 85.1 Å². The van der Waals surface area contributed by atoms with E-state index in [1.165, 1.54) is 44.9 Å². The third-order valence-corrected chi connectivity index (χ3v) is 8.79. The molecule has 0 rings (SSSR count). The quantitative estimate of drug-likeness (QED) is 0.0376. The molecule has 1 unspecified atom stereocenters. The van der Waals surface area contributed by atoms with Crippen molar-refractivity contribution in [1.82, 2.24) is 5.32 Å². The molecule has 300 valence electrons. The fourth-order valence-corrected chi connectivity index (χ4v) is 5.66. The van der Waals surface area contributed by atoms with E-state index < -0.39 is 5.97 Å². The van der Waals surface area contributed by atoms with E-state index in [1.807, 2.05) is 0 Å². The van der Waals surface area contributed by atoms with Crippen LogP contribution < -0.4 is 5.32 Å². The molecule has 6 heteroatoms. The van der Waals surface area contributed by atoms with Gasteiger partial charge in [0.1, 0.15) is 12.6 Å². The van der Waals surface area contributed by atoms with Crippen LogP contribution in [0.2, 0.25) is 0 Å². The van der Waals surface area contributed by atoms with Gasteiger partial charge in [-0.05, 0) is 96.0 Å². The van der Waals surface area contributed by atoms with Crippen molar-refractivity contribution < 1.29 is 24.2 Å². The summed E-state index contributed by atoms with van der Waals surface area (Å²) in [5.41, 5.74) is 0. The van der Waals surface area contributed by atoms with E-state index >= 15 is 0 Å². The highest BCUT2D eigenvalue weighted by molar-refractivity contribution is 5.80. The molecule has 1 amide bonds. The Kier molecular flexibility index (Phi) is 38.7. The molecular weight excluding hydrogens is 659 g/mol. The monoisotopic (exact) mass is 736 g/mol. The van der Waals surface area contributed by atoms with Crippen molar-refractivity contribution in [3.8, 4) is 0 Å². The number of hydrogen-bond acceptors (Lipinski definition) is 4. The number of unbranched alkanes of at least 4 members (excludes halogenated alkanes) is 14. The molecule has 53 heavy (non-hydrogen) atoms. The zero-order chi connectivity index (χ0) is 38.7. The van der Waals surface area contributed by atoms with Crippen LogP contribution in [-0.2, 0) is 19.1 Å². The van der Waals surface area contributed by atoms with E-state index in [2.05, 4.69) is 104 Å². The Morgan fingerprint density at radius 1 is 0.528 bits per heavy atom. The van der Waals surface area contributed by atoms with Gasteiger partial charge >= 0.3 is 11.9 Å². The number of nitrogens with one attached hydrogen (secondary N) is 1. The minimum atomic E-state index is -1.02. The van der Waals surface area contributed by atoms with Crippen LogP contribution in [0.4, 0.5) is 0 Å². The van der Waals surface area contributed by atoms with Gasteiger partial charge in [0.05, 0.1) is 0 Å². The third-order valence-electron chi connectivity index (χ3n) is 8.79. The first-order chi connectivity index (χ1) is 26.0.